The van der Waals surface area contributed by atoms with Gasteiger partial charge in [-0.2, -0.15) is 5.26 Å². The Labute approximate surface area is 179 Å². The topological polar surface area (TPSA) is 108 Å². The molecule has 0 spiro atoms. The number of carbonyl (C=O) groups excluding carboxylic acids is 1. The summed E-state index contributed by atoms with van der Waals surface area (Å²) in [4.78, 5) is 23.6. The van der Waals surface area contributed by atoms with Gasteiger partial charge in [-0.25, -0.2) is 4.98 Å². The molecule has 3 N–H and O–H groups in total. The van der Waals surface area contributed by atoms with Crippen molar-refractivity contribution in [3.63, 3.8) is 0 Å². The summed E-state index contributed by atoms with van der Waals surface area (Å²) in [6.07, 6.45) is 3.05. The number of amides is 1. The second-order valence-corrected chi connectivity index (χ2v) is 8.60. The van der Waals surface area contributed by atoms with Crippen molar-refractivity contribution in [3.05, 3.63) is 52.6 Å². The molecule has 3 atom stereocenters. The van der Waals surface area contributed by atoms with Gasteiger partial charge in [-0.3, -0.25) is 9.78 Å². The first-order chi connectivity index (χ1) is 14.5. The van der Waals surface area contributed by atoms with Crippen molar-refractivity contribution >= 4 is 33.8 Å². The number of thiazole rings is 1. The molecule has 154 valence electrons. The van der Waals surface area contributed by atoms with Gasteiger partial charge >= 0.3 is 0 Å². The molecule has 30 heavy (non-hydrogen) atoms. The number of hydrogen-bond donors (Lipinski definition) is 2. The van der Waals surface area contributed by atoms with E-state index in [4.69, 9.17) is 5.73 Å². The standard InChI is InChI=1S/C22H24N6OS/c1-14-7-16(27-22(29)19(24)8-17-12-30-13-26-17)11-28(10-14)20-5-4-15(9-23)21-18(20)3-2-6-25-21/h2-6,12-14,16,19H,7-8,10-11,24H2,1H3,(H,27,29)/t14-,16+,19?/m0/s1. The number of aromatic nitrogens is 2. The molecule has 7 nitrogen and oxygen atoms in total. The monoisotopic (exact) mass is 420 g/mol. The van der Waals surface area contributed by atoms with Crippen LogP contribution < -0.4 is 16.0 Å². The number of nitrogens with two attached hydrogens (primary N) is 1. The molecule has 8 heteroatoms. The summed E-state index contributed by atoms with van der Waals surface area (Å²) < 4.78 is 0. The van der Waals surface area contributed by atoms with Crippen LogP contribution in [0.2, 0.25) is 0 Å². The predicted molar refractivity (Wildman–Crippen MR) is 118 cm³/mol. The Morgan fingerprint density at radius 1 is 1.40 bits per heavy atom. The maximum atomic E-state index is 12.7. The molecule has 1 aromatic carbocycles. The zero-order chi connectivity index (χ0) is 21.1. The lowest BCUT2D eigenvalue weighted by atomic mass is 9.94. The smallest absolute Gasteiger partial charge is 0.237 e. The summed E-state index contributed by atoms with van der Waals surface area (Å²) >= 11 is 1.50. The normalized spacial score (nSPS) is 20.0. The van der Waals surface area contributed by atoms with E-state index in [0.29, 0.717) is 30.0 Å². The van der Waals surface area contributed by atoms with Crippen molar-refractivity contribution in [2.24, 2.45) is 11.7 Å². The largest absolute Gasteiger partial charge is 0.369 e. The highest BCUT2D eigenvalue weighted by Gasteiger charge is 2.28. The third-order valence-corrected chi connectivity index (χ3v) is 6.10. The van der Waals surface area contributed by atoms with Crippen LogP contribution in [0.1, 0.15) is 24.6 Å². The van der Waals surface area contributed by atoms with Crippen LogP contribution in [0.4, 0.5) is 5.69 Å². The molecule has 2 aromatic heterocycles. The van der Waals surface area contributed by atoms with Gasteiger partial charge in [0.1, 0.15) is 6.07 Å². The molecule has 1 unspecified atom stereocenters. The second-order valence-electron chi connectivity index (χ2n) is 7.89. The molecule has 1 aliphatic heterocycles. The summed E-state index contributed by atoms with van der Waals surface area (Å²) in [5.74, 6) is 0.259. The average molecular weight is 421 g/mol. The highest BCUT2D eigenvalue weighted by atomic mass is 32.1. The van der Waals surface area contributed by atoms with Gasteiger partial charge in [0.2, 0.25) is 5.91 Å². The lowest BCUT2D eigenvalue weighted by Crippen LogP contribution is -2.54. The summed E-state index contributed by atoms with van der Waals surface area (Å²) in [5, 5.41) is 15.4. The van der Waals surface area contributed by atoms with Crippen LogP contribution in [-0.4, -0.2) is 41.0 Å². The van der Waals surface area contributed by atoms with Crippen LogP contribution in [0.25, 0.3) is 10.9 Å². The zero-order valence-corrected chi connectivity index (χ0v) is 17.6. The highest BCUT2D eigenvalue weighted by molar-refractivity contribution is 7.07. The molecule has 1 amide bonds. The lowest BCUT2D eigenvalue weighted by Gasteiger charge is -2.39. The van der Waals surface area contributed by atoms with Crippen molar-refractivity contribution in [2.45, 2.75) is 31.8 Å². The minimum Gasteiger partial charge on any atom is -0.369 e. The third-order valence-electron chi connectivity index (χ3n) is 5.46. The van der Waals surface area contributed by atoms with Gasteiger partial charge in [-0.15, -0.1) is 11.3 Å². The first-order valence-electron chi connectivity index (χ1n) is 10.0. The fourth-order valence-corrected chi connectivity index (χ4v) is 4.71. The Morgan fingerprint density at radius 2 is 2.27 bits per heavy atom. The highest BCUT2D eigenvalue weighted by Crippen LogP contribution is 2.31. The Balaban J connectivity index is 1.51. The first-order valence-corrected chi connectivity index (χ1v) is 10.9. The van der Waals surface area contributed by atoms with E-state index in [-0.39, 0.29) is 11.9 Å². The van der Waals surface area contributed by atoms with Gasteiger partial charge in [0.05, 0.1) is 28.3 Å². The number of piperidine rings is 1. The van der Waals surface area contributed by atoms with Gasteiger partial charge < -0.3 is 16.0 Å². The molecule has 0 bridgehead atoms. The van der Waals surface area contributed by atoms with E-state index in [0.717, 1.165) is 29.7 Å². The van der Waals surface area contributed by atoms with Crippen molar-refractivity contribution in [1.82, 2.24) is 15.3 Å². The van der Waals surface area contributed by atoms with Crippen molar-refractivity contribution < 1.29 is 4.79 Å². The molecule has 0 saturated carbocycles. The lowest BCUT2D eigenvalue weighted by molar-refractivity contribution is -0.123. The van der Waals surface area contributed by atoms with E-state index in [1.165, 1.54) is 11.3 Å². The summed E-state index contributed by atoms with van der Waals surface area (Å²) in [5.41, 5.74) is 11.0. The summed E-state index contributed by atoms with van der Waals surface area (Å²) in [6.45, 7) is 3.76. The predicted octanol–water partition coefficient (Wildman–Crippen LogP) is 2.46. The van der Waals surface area contributed by atoms with E-state index < -0.39 is 6.04 Å². The van der Waals surface area contributed by atoms with Crippen molar-refractivity contribution in [1.29, 1.82) is 5.26 Å². The quantitative estimate of drug-likeness (QED) is 0.656. The molecule has 3 heterocycles. The number of anilines is 1. The number of benzene rings is 1. The van der Waals surface area contributed by atoms with Crippen LogP contribution in [0.5, 0.6) is 0 Å². The SMILES string of the molecule is C[C@H]1C[C@@H](NC(=O)C(N)Cc2cscn2)CN(c2ccc(C#N)c3ncccc23)C1. The van der Waals surface area contributed by atoms with E-state index in [2.05, 4.69) is 33.2 Å². The maximum absolute atomic E-state index is 12.7. The van der Waals surface area contributed by atoms with E-state index in [9.17, 15) is 10.1 Å². The maximum Gasteiger partial charge on any atom is 0.237 e. The number of fused-ring (bicyclic) bond motifs is 1. The van der Waals surface area contributed by atoms with Gasteiger partial charge in [0.25, 0.3) is 0 Å². The number of pyridine rings is 1. The molecule has 0 radical (unpaired) electrons. The minimum absolute atomic E-state index is 0.00472. The second kappa shape index (κ2) is 8.78. The number of nitriles is 1. The third kappa shape index (κ3) is 4.27. The van der Waals surface area contributed by atoms with Gasteiger partial charge in [0.15, 0.2) is 0 Å². The van der Waals surface area contributed by atoms with Crippen LogP contribution in [0, 0.1) is 17.2 Å². The molecule has 1 saturated heterocycles. The minimum atomic E-state index is -0.613. The molecular weight excluding hydrogens is 396 g/mol. The van der Waals surface area contributed by atoms with Crippen LogP contribution in [0.3, 0.4) is 0 Å². The fourth-order valence-electron chi connectivity index (χ4n) is 4.14. The van der Waals surface area contributed by atoms with Gasteiger partial charge in [0, 0.05) is 48.2 Å². The van der Waals surface area contributed by atoms with E-state index in [1.54, 1.807) is 11.7 Å². The molecule has 1 fully saturated rings. The molecule has 0 aliphatic carbocycles. The zero-order valence-electron chi connectivity index (χ0n) is 16.8. The number of carbonyl (C=O) groups is 1. The van der Waals surface area contributed by atoms with Crippen LogP contribution in [-0.2, 0) is 11.2 Å². The van der Waals surface area contributed by atoms with Gasteiger partial charge in [-0.1, -0.05) is 6.92 Å². The molecular formula is C22H24N6OS. The fraction of sp³-hybridized carbons (Fsp3) is 0.364. The summed E-state index contributed by atoms with van der Waals surface area (Å²) in [7, 11) is 0. The Kier molecular flexibility index (Phi) is 5.93. The van der Waals surface area contributed by atoms with Crippen molar-refractivity contribution in [3.8, 4) is 6.07 Å². The van der Waals surface area contributed by atoms with E-state index in [1.807, 2.05) is 29.6 Å². The number of nitrogens with zero attached hydrogens (tertiary/aromatic N) is 4. The number of rotatable bonds is 5. The van der Waals surface area contributed by atoms with Gasteiger partial charge in [-0.05, 0) is 36.6 Å². The van der Waals surface area contributed by atoms with Crippen LogP contribution in [0.15, 0.2) is 41.4 Å². The van der Waals surface area contributed by atoms with E-state index >= 15 is 0 Å². The Morgan fingerprint density at radius 3 is 3.03 bits per heavy atom. The van der Waals surface area contributed by atoms with Crippen molar-refractivity contribution in [2.75, 3.05) is 18.0 Å². The molecule has 4 rings (SSSR count). The summed E-state index contributed by atoms with van der Waals surface area (Å²) in [6, 6.07) is 9.29. The Bertz CT molecular complexity index is 1080. The average Bonchev–Trinajstić information content (AvgIpc) is 3.25. The first kappa shape index (κ1) is 20.3. The number of nitrogens with one attached hydrogen (secondary N) is 1. The van der Waals surface area contributed by atoms with Crippen LogP contribution >= 0.6 is 11.3 Å². The Hall–Kier alpha value is -3.02. The number of hydrogen-bond acceptors (Lipinski definition) is 7. The molecule has 3 aromatic rings. The molecule has 1 aliphatic rings.